The molecule has 1 N–H and O–H groups in total. The molecule has 0 radical (unpaired) electrons. The maximum absolute atomic E-state index is 11.0. The van der Waals surface area contributed by atoms with Gasteiger partial charge in [0.2, 0.25) is 0 Å². The molecule has 0 spiro atoms. The molecule has 3 nitrogen and oxygen atoms in total. The number of likely N-dealkylation sites (tertiary alicyclic amines) is 1. The highest BCUT2D eigenvalue weighted by atomic mass is 79.9. The van der Waals surface area contributed by atoms with E-state index in [1.165, 1.54) is 4.88 Å². The fourth-order valence-electron chi connectivity index (χ4n) is 2.21. The van der Waals surface area contributed by atoms with E-state index in [1.54, 1.807) is 11.3 Å². The molecule has 6 heteroatoms. The summed E-state index contributed by atoms with van der Waals surface area (Å²) in [6, 6.07) is 2.01. The molecule has 17 heavy (non-hydrogen) atoms. The molecule has 1 aromatic rings. The van der Waals surface area contributed by atoms with Crippen LogP contribution in [0.1, 0.15) is 11.8 Å². The lowest BCUT2D eigenvalue weighted by atomic mass is 9.99. The topological polar surface area (TPSA) is 40.5 Å². The Bertz CT molecular complexity index is 418. The maximum atomic E-state index is 11.0. The highest BCUT2D eigenvalue weighted by molar-refractivity contribution is 9.10. The number of thiophene rings is 1. The Kier molecular flexibility index (Phi) is 4.13. The summed E-state index contributed by atoms with van der Waals surface area (Å²) in [6.07, 6.45) is 0. The first-order chi connectivity index (χ1) is 7.97. The largest absolute Gasteiger partial charge is 0.481 e. The van der Waals surface area contributed by atoms with Crippen LogP contribution < -0.4 is 0 Å². The molecule has 0 aromatic carbocycles. The maximum Gasteiger partial charge on any atom is 0.308 e. The van der Waals surface area contributed by atoms with Crippen molar-refractivity contribution in [2.45, 2.75) is 13.5 Å². The van der Waals surface area contributed by atoms with Crippen LogP contribution in [0.2, 0.25) is 4.34 Å². The van der Waals surface area contributed by atoms with Gasteiger partial charge in [0.05, 0.1) is 5.92 Å². The van der Waals surface area contributed by atoms with Crippen molar-refractivity contribution in [2.24, 2.45) is 11.8 Å². The summed E-state index contributed by atoms with van der Waals surface area (Å²) < 4.78 is 1.67. The van der Waals surface area contributed by atoms with E-state index in [4.69, 9.17) is 16.7 Å². The Labute approximate surface area is 118 Å². The lowest BCUT2D eigenvalue weighted by Crippen LogP contribution is -2.22. The molecule has 0 amide bonds. The molecule has 1 aliphatic heterocycles. The summed E-state index contributed by atoms with van der Waals surface area (Å²) in [5.41, 5.74) is 0. The SMILES string of the molecule is C[C@@H]1CN(Cc2cc(Br)c(Cl)s2)C[C@H]1C(=O)O. The van der Waals surface area contributed by atoms with Crippen molar-refractivity contribution in [1.82, 2.24) is 4.90 Å². The normalized spacial score (nSPS) is 25.4. The van der Waals surface area contributed by atoms with Gasteiger partial charge in [0.15, 0.2) is 0 Å². The summed E-state index contributed by atoms with van der Waals surface area (Å²) in [4.78, 5) is 14.4. The number of aliphatic carboxylic acids is 1. The molecular formula is C11H13BrClNO2S. The Morgan fingerprint density at radius 2 is 2.41 bits per heavy atom. The molecule has 0 aliphatic carbocycles. The minimum absolute atomic E-state index is 0.214. The second-order valence-electron chi connectivity index (χ2n) is 4.45. The number of carbonyl (C=O) groups is 1. The highest BCUT2D eigenvalue weighted by Gasteiger charge is 2.34. The van der Waals surface area contributed by atoms with E-state index in [2.05, 4.69) is 20.8 Å². The Hall–Kier alpha value is -0.100. The molecule has 1 aromatic heterocycles. The summed E-state index contributed by atoms with van der Waals surface area (Å²) in [6.45, 7) is 4.24. The standard InChI is InChI=1S/C11H13BrClNO2S/c1-6-3-14(5-8(6)11(15)16)4-7-2-9(12)10(13)17-7/h2,6,8H,3-5H2,1H3,(H,15,16)/t6-,8-/m1/s1. The third kappa shape index (κ3) is 3.02. The average Bonchev–Trinajstić information content (AvgIpc) is 2.72. The minimum Gasteiger partial charge on any atom is -0.481 e. The van der Waals surface area contributed by atoms with E-state index in [1.807, 2.05) is 13.0 Å². The number of hydrogen-bond acceptors (Lipinski definition) is 3. The van der Waals surface area contributed by atoms with Gasteiger partial charge in [-0.2, -0.15) is 0 Å². The van der Waals surface area contributed by atoms with Crippen LogP contribution in [0.3, 0.4) is 0 Å². The summed E-state index contributed by atoms with van der Waals surface area (Å²) in [7, 11) is 0. The quantitative estimate of drug-likeness (QED) is 0.919. The first-order valence-electron chi connectivity index (χ1n) is 5.36. The van der Waals surface area contributed by atoms with Gasteiger partial charge >= 0.3 is 5.97 Å². The van der Waals surface area contributed by atoms with Gasteiger partial charge in [-0.05, 0) is 27.9 Å². The van der Waals surface area contributed by atoms with Crippen molar-refractivity contribution < 1.29 is 9.90 Å². The van der Waals surface area contributed by atoms with E-state index in [0.717, 1.165) is 21.9 Å². The van der Waals surface area contributed by atoms with Crippen LogP contribution in [0, 0.1) is 11.8 Å². The van der Waals surface area contributed by atoms with Crippen LogP contribution in [0.5, 0.6) is 0 Å². The molecule has 0 unspecified atom stereocenters. The molecule has 1 fully saturated rings. The first-order valence-corrected chi connectivity index (χ1v) is 7.35. The van der Waals surface area contributed by atoms with Crippen LogP contribution in [0.25, 0.3) is 0 Å². The van der Waals surface area contributed by atoms with Crippen molar-refractivity contribution in [3.05, 3.63) is 19.8 Å². The number of hydrogen-bond donors (Lipinski definition) is 1. The molecule has 2 rings (SSSR count). The van der Waals surface area contributed by atoms with Crippen LogP contribution in [0.4, 0.5) is 0 Å². The third-order valence-corrected chi connectivity index (χ3v) is 5.54. The van der Waals surface area contributed by atoms with E-state index in [9.17, 15) is 4.79 Å². The predicted octanol–water partition coefficient (Wildman–Crippen LogP) is 3.32. The second kappa shape index (κ2) is 5.26. The van der Waals surface area contributed by atoms with E-state index >= 15 is 0 Å². The Balaban J connectivity index is 2.00. The van der Waals surface area contributed by atoms with Gasteiger partial charge in [0, 0.05) is 29.0 Å². The van der Waals surface area contributed by atoms with Gasteiger partial charge in [-0.15, -0.1) is 11.3 Å². The zero-order valence-corrected chi connectivity index (χ0v) is 12.5. The molecule has 1 saturated heterocycles. The van der Waals surface area contributed by atoms with Crippen molar-refractivity contribution in [2.75, 3.05) is 13.1 Å². The number of carboxylic acids is 1. The predicted molar refractivity (Wildman–Crippen MR) is 72.6 cm³/mol. The Morgan fingerprint density at radius 1 is 1.71 bits per heavy atom. The number of rotatable bonds is 3. The number of nitrogens with zero attached hydrogens (tertiary/aromatic N) is 1. The van der Waals surface area contributed by atoms with Crippen molar-refractivity contribution in [3.8, 4) is 0 Å². The van der Waals surface area contributed by atoms with Gasteiger partial charge in [0.1, 0.15) is 4.34 Å². The number of carboxylic acid groups (broad SMARTS) is 1. The molecular weight excluding hydrogens is 326 g/mol. The lowest BCUT2D eigenvalue weighted by molar-refractivity contribution is -0.142. The Morgan fingerprint density at radius 3 is 2.88 bits per heavy atom. The zero-order valence-electron chi connectivity index (χ0n) is 9.32. The van der Waals surface area contributed by atoms with Gasteiger partial charge < -0.3 is 5.11 Å². The van der Waals surface area contributed by atoms with Gasteiger partial charge in [-0.3, -0.25) is 9.69 Å². The first kappa shape index (κ1) is 13.3. The molecule has 1 aliphatic rings. The van der Waals surface area contributed by atoms with Gasteiger partial charge in [-0.25, -0.2) is 0 Å². The smallest absolute Gasteiger partial charge is 0.308 e. The minimum atomic E-state index is -0.689. The van der Waals surface area contributed by atoms with Gasteiger partial charge in [-0.1, -0.05) is 18.5 Å². The van der Waals surface area contributed by atoms with Gasteiger partial charge in [0.25, 0.3) is 0 Å². The van der Waals surface area contributed by atoms with Crippen LogP contribution >= 0.6 is 38.9 Å². The van der Waals surface area contributed by atoms with Crippen molar-refractivity contribution in [3.63, 3.8) is 0 Å². The number of halogens is 2. The summed E-state index contributed by atoms with van der Waals surface area (Å²) >= 11 is 10.9. The zero-order chi connectivity index (χ0) is 12.6. The summed E-state index contributed by atoms with van der Waals surface area (Å²) in [5, 5.41) is 9.06. The third-order valence-electron chi connectivity index (χ3n) is 3.08. The van der Waals surface area contributed by atoms with E-state index in [0.29, 0.717) is 6.54 Å². The monoisotopic (exact) mass is 337 g/mol. The van der Waals surface area contributed by atoms with Crippen LogP contribution in [-0.4, -0.2) is 29.1 Å². The molecule has 94 valence electrons. The van der Waals surface area contributed by atoms with E-state index in [-0.39, 0.29) is 11.8 Å². The highest BCUT2D eigenvalue weighted by Crippen LogP contribution is 2.34. The molecule has 0 bridgehead atoms. The molecule has 0 saturated carbocycles. The van der Waals surface area contributed by atoms with Crippen LogP contribution in [-0.2, 0) is 11.3 Å². The fourth-order valence-corrected chi connectivity index (χ4v) is 4.04. The van der Waals surface area contributed by atoms with E-state index < -0.39 is 5.97 Å². The van der Waals surface area contributed by atoms with Crippen molar-refractivity contribution >= 4 is 44.8 Å². The van der Waals surface area contributed by atoms with Crippen LogP contribution in [0.15, 0.2) is 10.5 Å². The molecule has 2 atom stereocenters. The summed E-state index contributed by atoms with van der Waals surface area (Å²) in [5.74, 6) is -0.717. The lowest BCUT2D eigenvalue weighted by Gasteiger charge is -2.13. The molecule has 2 heterocycles. The average molecular weight is 339 g/mol. The fraction of sp³-hybridized carbons (Fsp3) is 0.545. The second-order valence-corrected chi connectivity index (χ2v) is 7.04. The van der Waals surface area contributed by atoms with Crippen molar-refractivity contribution in [1.29, 1.82) is 0 Å².